The highest BCUT2D eigenvalue weighted by Crippen LogP contribution is 2.71. The van der Waals surface area contributed by atoms with Crippen LogP contribution in [0.15, 0.2) is 17.5 Å². The minimum atomic E-state index is -1.06. The van der Waals surface area contributed by atoms with Crippen LogP contribution in [0.1, 0.15) is 18.2 Å². The number of amides is 2. The number of nitrogens with zero attached hydrogens (tertiary/aromatic N) is 1. The molecule has 3 heterocycles. The van der Waals surface area contributed by atoms with Crippen molar-refractivity contribution >= 4 is 40.9 Å². The maximum absolute atomic E-state index is 12.3. The minimum absolute atomic E-state index is 0.198. The standard InChI is InChI=1S/C14H14N2O4S2/c1-13-6-14(13,12(19)20)16-10(18)9(11(16)22-13)15-8(17)5-7-3-2-4-21-7/h2-4,9,11H,5-6H2,1H3,(H,15,17)(H,19,20)/t9?,11-,13?,14?/m1/s1. The molecule has 2 amide bonds. The molecule has 2 saturated heterocycles. The Morgan fingerprint density at radius 1 is 1.55 bits per heavy atom. The third kappa shape index (κ3) is 1.59. The third-order valence-corrected chi connectivity index (χ3v) is 7.37. The van der Waals surface area contributed by atoms with Crippen LogP contribution in [0.4, 0.5) is 0 Å². The van der Waals surface area contributed by atoms with Crippen LogP contribution in [0.2, 0.25) is 0 Å². The molecule has 1 aromatic rings. The number of nitrogens with one attached hydrogen (secondary N) is 1. The number of carboxylic acid groups (broad SMARTS) is 1. The number of fused-ring (bicyclic) bond motifs is 3. The first-order valence-corrected chi connectivity index (χ1v) is 8.71. The summed E-state index contributed by atoms with van der Waals surface area (Å²) in [5.74, 6) is -1.42. The molecule has 2 N–H and O–H groups in total. The van der Waals surface area contributed by atoms with E-state index in [9.17, 15) is 19.5 Å². The van der Waals surface area contributed by atoms with E-state index in [1.807, 2.05) is 24.4 Å². The summed E-state index contributed by atoms with van der Waals surface area (Å²) in [7, 11) is 0. The van der Waals surface area contributed by atoms with E-state index in [-0.39, 0.29) is 23.6 Å². The van der Waals surface area contributed by atoms with Gasteiger partial charge in [-0.1, -0.05) is 6.07 Å². The smallest absolute Gasteiger partial charge is 0.331 e. The SMILES string of the molecule is CC12CC1(C(=O)O)N1C(=O)C(NC(=O)Cc3cccs3)[C@H]1S2. The molecule has 3 unspecified atom stereocenters. The Kier molecular flexibility index (Phi) is 2.73. The number of carbonyl (C=O) groups excluding carboxylic acids is 2. The molecule has 0 aromatic carbocycles. The number of carbonyl (C=O) groups is 3. The third-order valence-electron chi connectivity index (χ3n) is 4.76. The molecule has 8 heteroatoms. The first-order valence-electron chi connectivity index (χ1n) is 6.95. The first-order chi connectivity index (χ1) is 10.4. The number of carboxylic acids is 1. The number of thioether (sulfide) groups is 1. The number of thiophene rings is 1. The van der Waals surface area contributed by atoms with E-state index in [1.165, 1.54) is 28.0 Å². The summed E-state index contributed by atoms with van der Waals surface area (Å²) in [6, 6.07) is 3.15. The summed E-state index contributed by atoms with van der Waals surface area (Å²) >= 11 is 2.99. The largest absolute Gasteiger partial charge is 0.479 e. The van der Waals surface area contributed by atoms with Crippen molar-refractivity contribution < 1.29 is 19.5 Å². The van der Waals surface area contributed by atoms with Gasteiger partial charge in [0.2, 0.25) is 11.8 Å². The second-order valence-corrected chi connectivity index (χ2v) is 8.74. The van der Waals surface area contributed by atoms with Gasteiger partial charge in [-0.3, -0.25) is 9.59 Å². The van der Waals surface area contributed by atoms with E-state index in [2.05, 4.69) is 5.32 Å². The van der Waals surface area contributed by atoms with Crippen LogP contribution in [0.3, 0.4) is 0 Å². The summed E-state index contributed by atoms with van der Waals surface area (Å²) in [6.07, 6.45) is 0.734. The Hall–Kier alpha value is -1.54. The van der Waals surface area contributed by atoms with Crippen molar-refractivity contribution in [2.45, 2.75) is 41.5 Å². The maximum Gasteiger partial charge on any atom is 0.331 e. The van der Waals surface area contributed by atoms with Crippen molar-refractivity contribution in [3.8, 4) is 0 Å². The van der Waals surface area contributed by atoms with Gasteiger partial charge in [0.15, 0.2) is 5.54 Å². The second-order valence-electron chi connectivity index (χ2n) is 6.09. The quantitative estimate of drug-likeness (QED) is 0.788. The highest BCUT2D eigenvalue weighted by Gasteiger charge is 2.85. The number of hydrogen-bond acceptors (Lipinski definition) is 5. The van der Waals surface area contributed by atoms with Gasteiger partial charge in [-0.25, -0.2) is 4.79 Å². The predicted molar refractivity (Wildman–Crippen MR) is 81.6 cm³/mol. The Bertz CT molecular complexity index is 691. The van der Waals surface area contributed by atoms with Gasteiger partial charge in [-0.2, -0.15) is 0 Å². The summed E-state index contributed by atoms with van der Waals surface area (Å²) in [5.41, 5.74) is -1.06. The van der Waals surface area contributed by atoms with Gasteiger partial charge in [-0.05, 0) is 18.4 Å². The minimum Gasteiger partial charge on any atom is -0.479 e. The van der Waals surface area contributed by atoms with Gasteiger partial charge in [0.25, 0.3) is 0 Å². The van der Waals surface area contributed by atoms with E-state index in [4.69, 9.17) is 0 Å². The number of rotatable bonds is 4. The van der Waals surface area contributed by atoms with Crippen LogP contribution in [-0.4, -0.2) is 49.5 Å². The van der Waals surface area contributed by atoms with E-state index in [1.54, 1.807) is 0 Å². The Labute approximate surface area is 134 Å². The molecule has 3 aliphatic rings. The van der Waals surface area contributed by atoms with Crippen LogP contribution in [-0.2, 0) is 20.8 Å². The molecule has 0 bridgehead atoms. The Morgan fingerprint density at radius 2 is 2.32 bits per heavy atom. The van der Waals surface area contributed by atoms with E-state index in [0.717, 1.165) is 4.88 Å². The maximum atomic E-state index is 12.3. The molecular weight excluding hydrogens is 324 g/mol. The summed E-state index contributed by atoms with van der Waals surface area (Å²) in [6.45, 7) is 1.88. The lowest BCUT2D eigenvalue weighted by Gasteiger charge is -2.45. The van der Waals surface area contributed by atoms with E-state index in [0.29, 0.717) is 6.42 Å². The fraction of sp³-hybridized carbons (Fsp3) is 0.500. The normalized spacial score (nSPS) is 38.0. The topological polar surface area (TPSA) is 86.7 Å². The number of aliphatic carboxylic acids is 1. The van der Waals surface area contributed by atoms with Crippen LogP contribution in [0, 0.1) is 0 Å². The van der Waals surface area contributed by atoms with Gasteiger partial charge < -0.3 is 15.3 Å². The van der Waals surface area contributed by atoms with Crippen LogP contribution >= 0.6 is 23.1 Å². The molecule has 2 aliphatic heterocycles. The molecule has 3 fully saturated rings. The predicted octanol–water partition coefficient (Wildman–Crippen LogP) is 0.676. The van der Waals surface area contributed by atoms with Crippen molar-refractivity contribution in [1.82, 2.24) is 10.2 Å². The van der Waals surface area contributed by atoms with Gasteiger partial charge in [0.1, 0.15) is 11.4 Å². The van der Waals surface area contributed by atoms with Crippen molar-refractivity contribution in [3.63, 3.8) is 0 Å². The average molecular weight is 338 g/mol. The molecule has 116 valence electrons. The Balaban J connectivity index is 1.46. The lowest BCUT2D eigenvalue weighted by atomic mass is 10.0. The van der Waals surface area contributed by atoms with Gasteiger partial charge in [0.05, 0.1) is 11.2 Å². The monoisotopic (exact) mass is 338 g/mol. The molecule has 1 saturated carbocycles. The second kappa shape index (κ2) is 4.26. The average Bonchev–Trinajstić information content (AvgIpc) is 2.79. The highest BCUT2D eigenvalue weighted by molar-refractivity contribution is 8.02. The zero-order valence-corrected chi connectivity index (χ0v) is 13.4. The molecule has 0 spiro atoms. The fourth-order valence-corrected chi connectivity index (χ4v) is 6.13. The van der Waals surface area contributed by atoms with Gasteiger partial charge in [0, 0.05) is 11.3 Å². The molecular formula is C14H14N2O4S2. The van der Waals surface area contributed by atoms with Crippen molar-refractivity contribution in [3.05, 3.63) is 22.4 Å². The molecule has 4 rings (SSSR count). The van der Waals surface area contributed by atoms with Crippen molar-refractivity contribution in [2.75, 3.05) is 0 Å². The van der Waals surface area contributed by atoms with Gasteiger partial charge >= 0.3 is 5.97 Å². The summed E-state index contributed by atoms with van der Waals surface area (Å²) in [5, 5.41) is 13.9. The van der Waals surface area contributed by atoms with E-state index < -0.39 is 22.3 Å². The molecule has 1 aliphatic carbocycles. The molecule has 0 radical (unpaired) electrons. The van der Waals surface area contributed by atoms with Crippen molar-refractivity contribution in [1.29, 1.82) is 0 Å². The van der Waals surface area contributed by atoms with Crippen LogP contribution in [0.25, 0.3) is 0 Å². The van der Waals surface area contributed by atoms with Crippen LogP contribution < -0.4 is 5.32 Å². The lowest BCUT2D eigenvalue weighted by Crippen LogP contribution is -2.72. The number of β-lactam (4-membered cyclic amide) rings is 1. The fourth-order valence-electron chi connectivity index (χ4n) is 3.51. The molecule has 6 nitrogen and oxygen atoms in total. The summed E-state index contributed by atoms with van der Waals surface area (Å²) in [4.78, 5) is 38.3. The van der Waals surface area contributed by atoms with Gasteiger partial charge in [-0.15, -0.1) is 23.1 Å². The number of hydrogen-bond donors (Lipinski definition) is 2. The first kappa shape index (κ1) is 14.1. The molecule has 1 aromatic heterocycles. The Morgan fingerprint density at radius 3 is 2.95 bits per heavy atom. The zero-order valence-electron chi connectivity index (χ0n) is 11.7. The zero-order chi connectivity index (χ0) is 15.7. The lowest BCUT2D eigenvalue weighted by molar-refractivity contribution is -0.163. The van der Waals surface area contributed by atoms with Crippen molar-refractivity contribution in [2.24, 2.45) is 0 Å². The molecule has 4 atom stereocenters. The summed E-state index contributed by atoms with van der Waals surface area (Å²) < 4.78 is -0.424. The van der Waals surface area contributed by atoms with Crippen LogP contribution in [0.5, 0.6) is 0 Å². The molecule has 22 heavy (non-hydrogen) atoms. The highest BCUT2D eigenvalue weighted by atomic mass is 32.2. The van der Waals surface area contributed by atoms with E-state index >= 15 is 0 Å².